The van der Waals surface area contributed by atoms with E-state index in [4.69, 9.17) is 4.74 Å². The summed E-state index contributed by atoms with van der Waals surface area (Å²) in [6, 6.07) is 10.3. The van der Waals surface area contributed by atoms with Crippen molar-refractivity contribution in [2.24, 2.45) is 0 Å². The van der Waals surface area contributed by atoms with Crippen molar-refractivity contribution in [1.29, 1.82) is 0 Å². The second kappa shape index (κ2) is 4.32. The van der Waals surface area contributed by atoms with Crippen LogP contribution in [0.5, 0.6) is 0 Å². The van der Waals surface area contributed by atoms with E-state index in [1.54, 1.807) is 0 Å². The first-order valence-corrected chi connectivity index (χ1v) is 5.21. The van der Waals surface area contributed by atoms with E-state index >= 15 is 0 Å². The van der Waals surface area contributed by atoms with Crippen molar-refractivity contribution in [1.82, 2.24) is 0 Å². The van der Waals surface area contributed by atoms with Crippen molar-refractivity contribution in [3.8, 4) is 0 Å². The molecular formula is C13H16O. The molecule has 0 bridgehead atoms. The Morgan fingerprint density at radius 2 is 1.93 bits per heavy atom. The van der Waals surface area contributed by atoms with Gasteiger partial charge in [0.05, 0.1) is 5.76 Å². The zero-order chi connectivity index (χ0) is 9.80. The fourth-order valence-corrected chi connectivity index (χ4v) is 1.57. The maximum atomic E-state index is 5.71. The molecule has 1 heteroatoms. The van der Waals surface area contributed by atoms with E-state index in [9.17, 15) is 0 Å². The number of ether oxygens (including phenoxy) is 1. The van der Waals surface area contributed by atoms with Gasteiger partial charge in [-0.25, -0.2) is 0 Å². The van der Waals surface area contributed by atoms with Gasteiger partial charge < -0.3 is 4.74 Å². The Morgan fingerprint density at radius 1 is 1.21 bits per heavy atom. The molecule has 1 aromatic carbocycles. The van der Waals surface area contributed by atoms with Crippen molar-refractivity contribution in [3.05, 3.63) is 47.2 Å². The topological polar surface area (TPSA) is 9.23 Å². The van der Waals surface area contributed by atoms with E-state index in [-0.39, 0.29) is 0 Å². The minimum absolute atomic E-state index is 0.705. The fourth-order valence-electron chi connectivity index (χ4n) is 1.57. The van der Waals surface area contributed by atoms with E-state index in [0.29, 0.717) is 6.61 Å². The molecule has 14 heavy (non-hydrogen) atoms. The lowest BCUT2D eigenvalue weighted by Crippen LogP contribution is -2.02. The second-order valence-corrected chi connectivity index (χ2v) is 3.79. The van der Waals surface area contributed by atoms with Crippen LogP contribution in [0.15, 0.2) is 41.7 Å². The standard InChI is InChI=1S/C13H16O/c1-11(13-8-5-9-13)14-10-12-6-3-2-4-7-12/h2-4,6-7H,5,8-10H2,1H3. The molecule has 1 fully saturated rings. The number of allylic oxidation sites excluding steroid dienone is 2. The molecule has 1 aromatic rings. The fraction of sp³-hybridized carbons (Fsp3) is 0.385. The van der Waals surface area contributed by atoms with Crippen LogP contribution in [0.25, 0.3) is 0 Å². The Labute approximate surface area is 85.4 Å². The lowest BCUT2D eigenvalue weighted by atomic mass is 9.91. The Bertz CT molecular complexity index is 318. The van der Waals surface area contributed by atoms with Crippen LogP contribution in [0.2, 0.25) is 0 Å². The quantitative estimate of drug-likeness (QED) is 0.658. The summed E-state index contributed by atoms with van der Waals surface area (Å²) in [6.07, 6.45) is 3.81. The lowest BCUT2D eigenvalue weighted by molar-refractivity contribution is 0.192. The molecule has 1 aliphatic carbocycles. The van der Waals surface area contributed by atoms with Crippen molar-refractivity contribution >= 4 is 0 Å². The summed E-state index contributed by atoms with van der Waals surface area (Å²) in [4.78, 5) is 0. The van der Waals surface area contributed by atoms with Crippen molar-refractivity contribution in [2.75, 3.05) is 0 Å². The summed E-state index contributed by atoms with van der Waals surface area (Å²) in [5, 5.41) is 0. The monoisotopic (exact) mass is 188 g/mol. The predicted octanol–water partition coefficient (Wildman–Crippen LogP) is 3.66. The molecule has 0 spiro atoms. The van der Waals surface area contributed by atoms with E-state index in [2.05, 4.69) is 19.1 Å². The summed E-state index contributed by atoms with van der Waals surface area (Å²) < 4.78 is 5.71. The maximum Gasteiger partial charge on any atom is 0.113 e. The molecule has 0 heterocycles. The van der Waals surface area contributed by atoms with Crippen LogP contribution in [0, 0.1) is 0 Å². The molecule has 74 valence electrons. The SMILES string of the molecule is CC(OCc1ccccc1)=C1CCC1. The summed E-state index contributed by atoms with van der Waals surface area (Å²) in [5.74, 6) is 1.14. The van der Waals surface area contributed by atoms with Gasteiger partial charge in [0.1, 0.15) is 6.61 Å². The van der Waals surface area contributed by atoms with Crippen LogP contribution >= 0.6 is 0 Å². The van der Waals surface area contributed by atoms with Gasteiger partial charge in [0.15, 0.2) is 0 Å². The third kappa shape index (κ3) is 2.16. The molecule has 0 radical (unpaired) electrons. The lowest BCUT2D eigenvalue weighted by Gasteiger charge is -2.20. The van der Waals surface area contributed by atoms with Gasteiger partial charge >= 0.3 is 0 Å². The van der Waals surface area contributed by atoms with Crippen LogP contribution in [-0.2, 0) is 11.3 Å². The molecule has 1 nitrogen and oxygen atoms in total. The largest absolute Gasteiger partial charge is 0.494 e. The number of rotatable bonds is 3. The molecule has 0 saturated heterocycles. The number of hydrogen-bond donors (Lipinski definition) is 0. The molecule has 0 unspecified atom stereocenters. The molecule has 1 aliphatic rings. The highest BCUT2D eigenvalue weighted by molar-refractivity contribution is 5.16. The Hall–Kier alpha value is -1.24. The normalized spacial score (nSPS) is 14.8. The molecular weight excluding hydrogens is 172 g/mol. The van der Waals surface area contributed by atoms with Crippen LogP contribution in [0.3, 0.4) is 0 Å². The summed E-state index contributed by atoms with van der Waals surface area (Å²) >= 11 is 0. The summed E-state index contributed by atoms with van der Waals surface area (Å²) in [6.45, 7) is 2.79. The van der Waals surface area contributed by atoms with Gasteiger partial charge in [0.2, 0.25) is 0 Å². The molecule has 0 aliphatic heterocycles. The molecule has 0 N–H and O–H groups in total. The summed E-state index contributed by atoms with van der Waals surface area (Å²) in [5.41, 5.74) is 2.74. The van der Waals surface area contributed by atoms with Crippen LogP contribution in [0.1, 0.15) is 31.7 Å². The maximum absolute atomic E-state index is 5.71. The van der Waals surface area contributed by atoms with Gasteiger partial charge in [0.25, 0.3) is 0 Å². The molecule has 0 aromatic heterocycles. The highest BCUT2D eigenvalue weighted by Gasteiger charge is 2.12. The van der Waals surface area contributed by atoms with E-state index < -0.39 is 0 Å². The minimum atomic E-state index is 0.705. The van der Waals surface area contributed by atoms with Crippen molar-refractivity contribution < 1.29 is 4.74 Å². The van der Waals surface area contributed by atoms with Crippen LogP contribution < -0.4 is 0 Å². The minimum Gasteiger partial charge on any atom is -0.494 e. The third-order valence-corrected chi connectivity index (χ3v) is 2.75. The van der Waals surface area contributed by atoms with Gasteiger partial charge in [-0.05, 0) is 37.3 Å². The molecule has 1 saturated carbocycles. The zero-order valence-electron chi connectivity index (χ0n) is 8.62. The van der Waals surface area contributed by atoms with E-state index in [1.165, 1.54) is 30.4 Å². The van der Waals surface area contributed by atoms with Crippen molar-refractivity contribution in [2.45, 2.75) is 32.8 Å². The first kappa shape index (κ1) is 9.32. The number of benzene rings is 1. The highest BCUT2D eigenvalue weighted by atomic mass is 16.5. The van der Waals surface area contributed by atoms with Gasteiger partial charge in [-0.3, -0.25) is 0 Å². The van der Waals surface area contributed by atoms with Crippen LogP contribution in [0.4, 0.5) is 0 Å². The molecule has 0 atom stereocenters. The molecule has 0 amide bonds. The summed E-state index contributed by atoms with van der Waals surface area (Å²) in [7, 11) is 0. The Morgan fingerprint density at radius 3 is 2.50 bits per heavy atom. The molecule has 2 rings (SSSR count). The highest BCUT2D eigenvalue weighted by Crippen LogP contribution is 2.29. The number of hydrogen-bond acceptors (Lipinski definition) is 1. The smallest absolute Gasteiger partial charge is 0.113 e. The predicted molar refractivity (Wildman–Crippen MR) is 57.8 cm³/mol. The van der Waals surface area contributed by atoms with E-state index in [1.807, 2.05) is 18.2 Å². The van der Waals surface area contributed by atoms with Gasteiger partial charge in [-0.1, -0.05) is 30.3 Å². The Balaban J connectivity index is 1.88. The van der Waals surface area contributed by atoms with E-state index in [0.717, 1.165) is 5.76 Å². The van der Waals surface area contributed by atoms with Gasteiger partial charge in [-0.15, -0.1) is 0 Å². The average Bonchev–Trinajstić information content (AvgIpc) is 2.14. The Kier molecular flexibility index (Phi) is 2.87. The van der Waals surface area contributed by atoms with Gasteiger partial charge in [0, 0.05) is 0 Å². The third-order valence-electron chi connectivity index (χ3n) is 2.75. The first-order chi connectivity index (χ1) is 6.86. The van der Waals surface area contributed by atoms with Crippen LogP contribution in [-0.4, -0.2) is 0 Å². The van der Waals surface area contributed by atoms with Crippen molar-refractivity contribution in [3.63, 3.8) is 0 Å². The zero-order valence-corrected chi connectivity index (χ0v) is 8.62. The average molecular weight is 188 g/mol. The second-order valence-electron chi connectivity index (χ2n) is 3.79. The van der Waals surface area contributed by atoms with Gasteiger partial charge in [-0.2, -0.15) is 0 Å². The first-order valence-electron chi connectivity index (χ1n) is 5.21.